The number of hydrogen-bond acceptors (Lipinski definition) is 3. The molecule has 5 nitrogen and oxygen atoms in total. The number of nitrogens with one attached hydrogen (secondary N) is 2. The summed E-state index contributed by atoms with van der Waals surface area (Å²) in [6, 6.07) is 11.9. The van der Waals surface area contributed by atoms with Gasteiger partial charge in [-0.1, -0.05) is 0 Å². The second-order valence-electron chi connectivity index (χ2n) is 6.43. The Kier molecular flexibility index (Phi) is 3.72. The lowest BCUT2D eigenvalue weighted by atomic mass is 9.85. The second kappa shape index (κ2) is 5.60. The first-order chi connectivity index (χ1) is 11.3. The maximum absolute atomic E-state index is 12.4. The minimum Gasteiger partial charge on any atom is -0.325 e. The zero-order chi connectivity index (χ0) is 17.5. The SMILES string of the molecule is CC(=O)c1ccc(NC(=O)c2ccc3c(c2)C(C)(C)C(=O)N3)cc1. The molecule has 0 bridgehead atoms. The Labute approximate surface area is 140 Å². The molecule has 122 valence electrons. The maximum atomic E-state index is 12.4. The molecule has 1 aliphatic rings. The van der Waals surface area contributed by atoms with Crippen LogP contribution in [0, 0.1) is 0 Å². The lowest BCUT2D eigenvalue weighted by Crippen LogP contribution is -2.27. The van der Waals surface area contributed by atoms with Gasteiger partial charge in [-0.2, -0.15) is 0 Å². The van der Waals surface area contributed by atoms with Crippen molar-refractivity contribution in [3.05, 3.63) is 59.2 Å². The zero-order valence-corrected chi connectivity index (χ0v) is 13.8. The number of amides is 2. The summed E-state index contributed by atoms with van der Waals surface area (Å²) in [7, 11) is 0. The molecule has 0 fully saturated rings. The number of fused-ring (bicyclic) bond motifs is 1. The Bertz CT molecular complexity index is 851. The Morgan fingerprint density at radius 1 is 1.00 bits per heavy atom. The molecular formula is C19H18N2O3. The van der Waals surface area contributed by atoms with E-state index in [9.17, 15) is 14.4 Å². The van der Waals surface area contributed by atoms with E-state index in [0.717, 1.165) is 11.3 Å². The van der Waals surface area contributed by atoms with Gasteiger partial charge in [-0.15, -0.1) is 0 Å². The first kappa shape index (κ1) is 15.9. The number of ketones is 1. The van der Waals surface area contributed by atoms with Gasteiger partial charge in [-0.05, 0) is 68.8 Å². The van der Waals surface area contributed by atoms with Gasteiger partial charge in [-0.3, -0.25) is 14.4 Å². The van der Waals surface area contributed by atoms with E-state index >= 15 is 0 Å². The lowest BCUT2D eigenvalue weighted by molar-refractivity contribution is -0.119. The molecular weight excluding hydrogens is 304 g/mol. The van der Waals surface area contributed by atoms with E-state index in [1.165, 1.54) is 6.92 Å². The van der Waals surface area contributed by atoms with Crippen molar-refractivity contribution in [2.45, 2.75) is 26.2 Å². The second-order valence-corrected chi connectivity index (χ2v) is 6.43. The Hall–Kier alpha value is -2.95. The van der Waals surface area contributed by atoms with Crippen LogP contribution in [0.2, 0.25) is 0 Å². The predicted molar refractivity (Wildman–Crippen MR) is 92.5 cm³/mol. The molecule has 2 aromatic rings. The average Bonchev–Trinajstić information content (AvgIpc) is 2.77. The number of Topliss-reactive ketones (excluding diaryl/α,β-unsaturated/α-hetero) is 1. The Morgan fingerprint density at radius 2 is 1.62 bits per heavy atom. The van der Waals surface area contributed by atoms with Crippen molar-refractivity contribution in [2.75, 3.05) is 10.6 Å². The molecule has 2 aromatic carbocycles. The summed E-state index contributed by atoms with van der Waals surface area (Å²) in [4.78, 5) is 35.7. The molecule has 3 rings (SSSR count). The molecule has 2 amide bonds. The summed E-state index contributed by atoms with van der Waals surface area (Å²) in [5.74, 6) is -0.357. The quantitative estimate of drug-likeness (QED) is 0.851. The number of carbonyl (C=O) groups is 3. The largest absolute Gasteiger partial charge is 0.325 e. The van der Waals surface area contributed by atoms with Gasteiger partial charge >= 0.3 is 0 Å². The van der Waals surface area contributed by atoms with Gasteiger partial charge in [0.05, 0.1) is 5.41 Å². The van der Waals surface area contributed by atoms with Crippen LogP contribution in [0.5, 0.6) is 0 Å². The van der Waals surface area contributed by atoms with E-state index in [0.29, 0.717) is 16.8 Å². The molecule has 5 heteroatoms. The van der Waals surface area contributed by atoms with Crippen LogP contribution in [-0.4, -0.2) is 17.6 Å². The summed E-state index contributed by atoms with van der Waals surface area (Å²) in [5, 5.41) is 5.62. The van der Waals surface area contributed by atoms with E-state index in [-0.39, 0.29) is 17.6 Å². The summed E-state index contributed by atoms with van der Waals surface area (Å²) in [5.41, 5.74) is 2.58. The Balaban J connectivity index is 1.83. The summed E-state index contributed by atoms with van der Waals surface area (Å²) in [6.45, 7) is 5.15. The third kappa shape index (κ3) is 2.69. The number of rotatable bonds is 3. The highest BCUT2D eigenvalue weighted by Crippen LogP contribution is 2.37. The molecule has 1 heterocycles. The smallest absolute Gasteiger partial charge is 0.255 e. The van der Waals surface area contributed by atoms with Gasteiger partial charge in [0, 0.05) is 22.5 Å². The number of anilines is 2. The fourth-order valence-electron chi connectivity index (χ4n) is 2.70. The van der Waals surface area contributed by atoms with E-state index in [1.807, 2.05) is 13.8 Å². The van der Waals surface area contributed by atoms with Crippen molar-refractivity contribution in [1.29, 1.82) is 0 Å². The van der Waals surface area contributed by atoms with Gasteiger partial charge in [-0.25, -0.2) is 0 Å². The molecule has 0 aliphatic carbocycles. The lowest BCUT2D eigenvalue weighted by Gasteiger charge is -2.15. The third-order valence-corrected chi connectivity index (χ3v) is 4.32. The van der Waals surface area contributed by atoms with Gasteiger partial charge in [0.2, 0.25) is 5.91 Å². The molecule has 0 unspecified atom stereocenters. The monoisotopic (exact) mass is 322 g/mol. The molecule has 0 saturated heterocycles. The van der Waals surface area contributed by atoms with Crippen LogP contribution in [0.15, 0.2) is 42.5 Å². The first-order valence-electron chi connectivity index (χ1n) is 7.67. The number of benzene rings is 2. The van der Waals surface area contributed by atoms with E-state index < -0.39 is 5.41 Å². The topological polar surface area (TPSA) is 75.3 Å². The normalized spacial score (nSPS) is 14.7. The molecule has 24 heavy (non-hydrogen) atoms. The van der Waals surface area contributed by atoms with Crippen molar-refractivity contribution < 1.29 is 14.4 Å². The average molecular weight is 322 g/mol. The highest BCUT2D eigenvalue weighted by molar-refractivity contribution is 6.09. The predicted octanol–water partition coefficient (Wildman–Crippen LogP) is 3.37. The van der Waals surface area contributed by atoms with Crippen LogP contribution in [0.25, 0.3) is 0 Å². The van der Waals surface area contributed by atoms with Crippen LogP contribution in [0.1, 0.15) is 47.1 Å². The standard InChI is InChI=1S/C19H18N2O3/c1-11(22)12-4-7-14(8-5-12)20-17(23)13-6-9-16-15(10-13)19(2,3)18(24)21-16/h4-10H,1-3H3,(H,20,23)(H,21,24). The first-order valence-corrected chi connectivity index (χ1v) is 7.67. The number of carbonyl (C=O) groups excluding carboxylic acids is 3. The fourth-order valence-corrected chi connectivity index (χ4v) is 2.70. The van der Waals surface area contributed by atoms with E-state index in [4.69, 9.17) is 0 Å². The highest BCUT2D eigenvalue weighted by atomic mass is 16.2. The fraction of sp³-hybridized carbons (Fsp3) is 0.211. The van der Waals surface area contributed by atoms with Crippen LogP contribution in [0.4, 0.5) is 11.4 Å². The van der Waals surface area contributed by atoms with Crippen molar-refractivity contribution in [3.8, 4) is 0 Å². The minimum absolute atomic E-state index is 0.0223. The molecule has 0 saturated carbocycles. The molecule has 0 atom stereocenters. The van der Waals surface area contributed by atoms with Gasteiger partial charge < -0.3 is 10.6 Å². The summed E-state index contributed by atoms with van der Waals surface area (Å²) in [6.07, 6.45) is 0. The molecule has 0 spiro atoms. The minimum atomic E-state index is -0.658. The van der Waals surface area contributed by atoms with E-state index in [2.05, 4.69) is 10.6 Å². The zero-order valence-electron chi connectivity index (χ0n) is 13.8. The van der Waals surface area contributed by atoms with Crippen LogP contribution >= 0.6 is 0 Å². The third-order valence-electron chi connectivity index (χ3n) is 4.32. The molecule has 0 aromatic heterocycles. The highest BCUT2D eigenvalue weighted by Gasteiger charge is 2.38. The molecule has 1 aliphatic heterocycles. The van der Waals surface area contributed by atoms with Crippen LogP contribution in [-0.2, 0) is 10.2 Å². The summed E-state index contributed by atoms with van der Waals surface area (Å²) < 4.78 is 0. The van der Waals surface area contributed by atoms with Crippen LogP contribution in [0.3, 0.4) is 0 Å². The molecule has 0 radical (unpaired) electrons. The van der Waals surface area contributed by atoms with Gasteiger partial charge in [0.25, 0.3) is 5.91 Å². The van der Waals surface area contributed by atoms with Crippen molar-refractivity contribution in [1.82, 2.24) is 0 Å². The van der Waals surface area contributed by atoms with E-state index in [1.54, 1.807) is 42.5 Å². The van der Waals surface area contributed by atoms with Crippen molar-refractivity contribution >= 4 is 29.0 Å². The van der Waals surface area contributed by atoms with Gasteiger partial charge in [0.15, 0.2) is 5.78 Å². The van der Waals surface area contributed by atoms with Crippen LogP contribution < -0.4 is 10.6 Å². The van der Waals surface area contributed by atoms with Crippen molar-refractivity contribution in [3.63, 3.8) is 0 Å². The van der Waals surface area contributed by atoms with Gasteiger partial charge in [0.1, 0.15) is 0 Å². The maximum Gasteiger partial charge on any atom is 0.255 e. The summed E-state index contributed by atoms with van der Waals surface area (Å²) >= 11 is 0. The number of hydrogen-bond donors (Lipinski definition) is 2. The Morgan fingerprint density at radius 3 is 2.25 bits per heavy atom. The van der Waals surface area contributed by atoms with Crippen molar-refractivity contribution in [2.24, 2.45) is 0 Å². The molecule has 2 N–H and O–H groups in total.